The number of nitrogens with one attached hydrogen (secondary N) is 1. The number of hydrogen-bond acceptors (Lipinski definition) is 4. The first kappa shape index (κ1) is 20.4. The fraction of sp³-hybridized carbons (Fsp3) is 0.400. The molecule has 0 spiro atoms. The van der Waals surface area contributed by atoms with Crippen molar-refractivity contribution in [2.45, 2.75) is 37.5 Å². The van der Waals surface area contributed by atoms with Crippen molar-refractivity contribution < 1.29 is 18.3 Å². The van der Waals surface area contributed by atoms with Crippen molar-refractivity contribution in [3.05, 3.63) is 59.2 Å². The van der Waals surface area contributed by atoms with Gasteiger partial charge in [-0.25, -0.2) is 13.1 Å². The SMILES string of the molecule is COc1cc(C)c(C)cc1S(=O)(=O)NCC[C@@H](CCO)c1ccccc1. The van der Waals surface area contributed by atoms with E-state index in [-0.39, 0.29) is 24.0 Å². The van der Waals surface area contributed by atoms with Crippen molar-refractivity contribution in [2.24, 2.45) is 0 Å². The van der Waals surface area contributed by atoms with E-state index in [0.717, 1.165) is 16.7 Å². The zero-order valence-corrected chi connectivity index (χ0v) is 16.3. The maximum absolute atomic E-state index is 12.7. The van der Waals surface area contributed by atoms with Crippen LogP contribution in [0.1, 0.15) is 35.4 Å². The van der Waals surface area contributed by atoms with Gasteiger partial charge in [-0.05, 0) is 61.4 Å². The van der Waals surface area contributed by atoms with E-state index in [0.29, 0.717) is 18.6 Å². The molecule has 0 saturated heterocycles. The Morgan fingerprint density at radius 1 is 1.08 bits per heavy atom. The van der Waals surface area contributed by atoms with Gasteiger partial charge < -0.3 is 9.84 Å². The number of aliphatic hydroxyl groups is 1. The molecule has 2 N–H and O–H groups in total. The minimum absolute atomic E-state index is 0.0668. The molecule has 2 aromatic carbocycles. The Bertz CT molecular complexity index is 819. The summed E-state index contributed by atoms with van der Waals surface area (Å²) in [7, 11) is -2.20. The van der Waals surface area contributed by atoms with E-state index in [1.165, 1.54) is 7.11 Å². The molecule has 5 nitrogen and oxygen atoms in total. The molecule has 142 valence electrons. The molecule has 0 radical (unpaired) electrons. The van der Waals surface area contributed by atoms with Crippen LogP contribution in [0.3, 0.4) is 0 Å². The molecule has 0 amide bonds. The molecule has 0 aliphatic rings. The van der Waals surface area contributed by atoms with Crippen LogP contribution in [-0.2, 0) is 10.0 Å². The monoisotopic (exact) mass is 377 g/mol. The number of aliphatic hydroxyl groups excluding tert-OH is 1. The van der Waals surface area contributed by atoms with Crippen molar-refractivity contribution in [2.75, 3.05) is 20.3 Å². The summed E-state index contributed by atoms with van der Waals surface area (Å²) in [6.07, 6.45) is 1.20. The Morgan fingerprint density at radius 3 is 2.35 bits per heavy atom. The van der Waals surface area contributed by atoms with Crippen molar-refractivity contribution in [3.8, 4) is 5.75 Å². The average molecular weight is 378 g/mol. The molecule has 6 heteroatoms. The number of aryl methyl sites for hydroxylation is 2. The average Bonchev–Trinajstić information content (AvgIpc) is 2.63. The van der Waals surface area contributed by atoms with Gasteiger partial charge in [0.1, 0.15) is 10.6 Å². The summed E-state index contributed by atoms with van der Waals surface area (Å²) < 4.78 is 33.3. The maximum Gasteiger partial charge on any atom is 0.244 e. The van der Waals surface area contributed by atoms with Crippen LogP contribution >= 0.6 is 0 Å². The van der Waals surface area contributed by atoms with Crippen molar-refractivity contribution in [1.29, 1.82) is 0 Å². The first-order chi connectivity index (χ1) is 12.4. The summed E-state index contributed by atoms with van der Waals surface area (Å²) in [5.41, 5.74) is 2.98. The number of hydrogen-bond donors (Lipinski definition) is 2. The molecule has 0 aromatic heterocycles. The summed E-state index contributed by atoms with van der Waals surface area (Å²) in [5, 5.41) is 9.30. The first-order valence-electron chi connectivity index (χ1n) is 8.69. The van der Waals surface area contributed by atoms with Gasteiger partial charge in [0.05, 0.1) is 7.11 Å². The van der Waals surface area contributed by atoms with Crippen molar-refractivity contribution >= 4 is 10.0 Å². The third-order valence-electron chi connectivity index (χ3n) is 4.60. The van der Waals surface area contributed by atoms with Gasteiger partial charge in [-0.3, -0.25) is 0 Å². The van der Waals surface area contributed by atoms with Gasteiger partial charge in [0.2, 0.25) is 10.0 Å². The molecule has 0 fully saturated rings. The van der Waals surface area contributed by atoms with Gasteiger partial charge in [-0.1, -0.05) is 30.3 Å². The number of methoxy groups -OCH3 is 1. The highest BCUT2D eigenvalue weighted by atomic mass is 32.2. The van der Waals surface area contributed by atoms with Crippen LogP contribution in [0, 0.1) is 13.8 Å². The standard InChI is InChI=1S/C20H27NO4S/c1-15-13-19(25-3)20(14-16(15)2)26(23,24)21-11-9-18(10-12-22)17-7-5-4-6-8-17/h4-8,13-14,18,21-22H,9-12H2,1-3H3/t18-/m0/s1. The van der Waals surface area contributed by atoms with Crippen LogP contribution in [0.2, 0.25) is 0 Å². The second-order valence-corrected chi connectivity index (χ2v) is 8.13. The molecule has 2 rings (SSSR count). The molecule has 0 bridgehead atoms. The second-order valence-electron chi connectivity index (χ2n) is 6.39. The van der Waals surface area contributed by atoms with E-state index < -0.39 is 10.0 Å². The number of benzene rings is 2. The fourth-order valence-electron chi connectivity index (χ4n) is 2.94. The molecular formula is C20H27NO4S. The lowest BCUT2D eigenvalue weighted by molar-refractivity contribution is 0.273. The molecule has 0 saturated carbocycles. The van der Waals surface area contributed by atoms with Crippen molar-refractivity contribution in [3.63, 3.8) is 0 Å². The van der Waals surface area contributed by atoms with Crippen LogP contribution in [0.5, 0.6) is 5.75 Å². The fourth-order valence-corrected chi connectivity index (χ4v) is 4.22. The third kappa shape index (κ3) is 5.06. The predicted molar refractivity (Wildman–Crippen MR) is 103 cm³/mol. The normalized spacial score (nSPS) is 12.8. The summed E-state index contributed by atoms with van der Waals surface area (Å²) in [4.78, 5) is 0.154. The zero-order valence-electron chi connectivity index (χ0n) is 15.5. The summed E-state index contributed by atoms with van der Waals surface area (Å²) in [5.74, 6) is 0.445. The summed E-state index contributed by atoms with van der Waals surface area (Å²) in [6.45, 7) is 4.15. The van der Waals surface area contributed by atoms with Crippen LogP contribution < -0.4 is 9.46 Å². The lowest BCUT2D eigenvalue weighted by Crippen LogP contribution is -2.26. The Hall–Kier alpha value is -1.89. The zero-order chi connectivity index (χ0) is 19.2. The van der Waals surface area contributed by atoms with Crippen LogP contribution in [0.15, 0.2) is 47.4 Å². The van der Waals surface area contributed by atoms with Crippen LogP contribution in [-0.4, -0.2) is 33.8 Å². The lowest BCUT2D eigenvalue weighted by Gasteiger charge is -2.17. The van der Waals surface area contributed by atoms with E-state index in [1.54, 1.807) is 12.1 Å². The van der Waals surface area contributed by atoms with Gasteiger partial charge in [-0.15, -0.1) is 0 Å². The van der Waals surface area contributed by atoms with Gasteiger partial charge in [0.15, 0.2) is 0 Å². The molecule has 0 unspecified atom stereocenters. The first-order valence-corrected chi connectivity index (χ1v) is 10.2. The Balaban J connectivity index is 2.11. The topological polar surface area (TPSA) is 75.6 Å². The van der Waals surface area contributed by atoms with Crippen LogP contribution in [0.4, 0.5) is 0 Å². The molecule has 0 aliphatic heterocycles. The highest BCUT2D eigenvalue weighted by molar-refractivity contribution is 7.89. The van der Waals surface area contributed by atoms with E-state index in [2.05, 4.69) is 4.72 Å². The summed E-state index contributed by atoms with van der Waals surface area (Å²) in [6, 6.07) is 13.2. The van der Waals surface area contributed by atoms with Gasteiger partial charge in [0.25, 0.3) is 0 Å². The molecule has 0 aliphatic carbocycles. The highest BCUT2D eigenvalue weighted by Crippen LogP contribution is 2.28. The minimum Gasteiger partial charge on any atom is -0.495 e. The quantitative estimate of drug-likeness (QED) is 0.704. The minimum atomic E-state index is -3.67. The lowest BCUT2D eigenvalue weighted by atomic mass is 9.93. The number of sulfonamides is 1. The molecule has 1 atom stereocenters. The Morgan fingerprint density at radius 2 is 1.73 bits per heavy atom. The number of ether oxygens (including phenoxy) is 1. The molecular weight excluding hydrogens is 350 g/mol. The Labute approximate surface area is 156 Å². The maximum atomic E-state index is 12.7. The van der Waals surface area contributed by atoms with E-state index >= 15 is 0 Å². The largest absolute Gasteiger partial charge is 0.495 e. The van der Waals surface area contributed by atoms with E-state index in [9.17, 15) is 13.5 Å². The van der Waals surface area contributed by atoms with E-state index in [4.69, 9.17) is 4.74 Å². The van der Waals surface area contributed by atoms with Gasteiger partial charge in [0, 0.05) is 13.2 Å². The smallest absolute Gasteiger partial charge is 0.244 e. The van der Waals surface area contributed by atoms with Crippen molar-refractivity contribution in [1.82, 2.24) is 4.72 Å². The van der Waals surface area contributed by atoms with Gasteiger partial charge >= 0.3 is 0 Å². The molecule has 2 aromatic rings. The number of rotatable bonds is 9. The summed E-state index contributed by atoms with van der Waals surface area (Å²) >= 11 is 0. The molecule has 26 heavy (non-hydrogen) atoms. The highest BCUT2D eigenvalue weighted by Gasteiger charge is 2.21. The van der Waals surface area contributed by atoms with E-state index in [1.807, 2.05) is 44.2 Å². The molecule has 0 heterocycles. The van der Waals surface area contributed by atoms with Crippen LogP contribution in [0.25, 0.3) is 0 Å². The predicted octanol–water partition coefficient (Wildman–Crippen LogP) is 3.15. The third-order valence-corrected chi connectivity index (χ3v) is 6.09. The second kappa shape index (κ2) is 9.16. The van der Waals surface area contributed by atoms with Gasteiger partial charge in [-0.2, -0.15) is 0 Å². The Kier molecular flexibility index (Phi) is 7.20.